The summed E-state index contributed by atoms with van der Waals surface area (Å²) in [7, 11) is -1.58. The van der Waals surface area contributed by atoms with Crippen molar-refractivity contribution in [3.05, 3.63) is 12.2 Å². The Morgan fingerprint density at radius 2 is 1.93 bits per heavy atom. The lowest BCUT2D eigenvalue weighted by atomic mass is 10.2. The number of hydrogen-bond acceptors (Lipinski definition) is 2. The van der Waals surface area contributed by atoms with Crippen LogP contribution in [0.1, 0.15) is 27.2 Å². The summed E-state index contributed by atoms with van der Waals surface area (Å²) in [5.74, 6) is 0. The molecule has 0 heterocycles. The number of nitriles is 1. The van der Waals surface area contributed by atoms with E-state index in [0.29, 0.717) is 0 Å². The summed E-state index contributed by atoms with van der Waals surface area (Å²) < 4.78 is 5.92. The monoisotopic (exact) mass is 211 g/mol. The normalized spacial score (nSPS) is 13.1. The second-order valence-corrected chi connectivity index (χ2v) is 9.74. The summed E-state index contributed by atoms with van der Waals surface area (Å²) in [4.78, 5) is 0. The molecule has 80 valence electrons. The molecule has 0 rings (SSSR count). The van der Waals surface area contributed by atoms with Crippen LogP contribution >= 0.6 is 0 Å². The van der Waals surface area contributed by atoms with Crippen LogP contribution in [0.5, 0.6) is 0 Å². The van der Waals surface area contributed by atoms with Crippen LogP contribution < -0.4 is 0 Å². The molecule has 0 N–H and O–H groups in total. The highest BCUT2D eigenvalue weighted by atomic mass is 28.4. The van der Waals surface area contributed by atoms with Gasteiger partial charge in [-0.15, -0.1) is 0 Å². The zero-order valence-corrected chi connectivity index (χ0v) is 10.9. The van der Waals surface area contributed by atoms with Gasteiger partial charge in [0.15, 0.2) is 8.32 Å². The molecule has 0 aliphatic carbocycles. The number of rotatable bonds is 4. The minimum Gasteiger partial charge on any atom is -0.417 e. The SMILES string of the molecule is CC(C)(C)[Si](C)(C)OCC/C=C\C#N. The van der Waals surface area contributed by atoms with E-state index in [4.69, 9.17) is 9.69 Å². The lowest BCUT2D eigenvalue weighted by Gasteiger charge is -2.36. The Morgan fingerprint density at radius 3 is 2.36 bits per heavy atom. The Labute approximate surface area is 88.7 Å². The first-order valence-corrected chi connectivity index (χ1v) is 7.90. The minimum absolute atomic E-state index is 0.270. The molecule has 2 nitrogen and oxygen atoms in total. The molecule has 0 saturated carbocycles. The van der Waals surface area contributed by atoms with Gasteiger partial charge in [0.1, 0.15) is 0 Å². The third kappa shape index (κ3) is 4.59. The van der Waals surface area contributed by atoms with E-state index in [1.807, 2.05) is 12.1 Å². The van der Waals surface area contributed by atoms with E-state index >= 15 is 0 Å². The van der Waals surface area contributed by atoms with Crippen molar-refractivity contribution in [2.24, 2.45) is 0 Å². The Balaban J connectivity index is 3.90. The van der Waals surface area contributed by atoms with Crippen molar-refractivity contribution >= 4 is 8.32 Å². The van der Waals surface area contributed by atoms with Gasteiger partial charge in [-0.05, 0) is 24.6 Å². The molecule has 0 saturated heterocycles. The molecule has 0 unspecified atom stereocenters. The van der Waals surface area contributed by atoms with Crippen molar-refractivity contribution in [1.29, 1.82) is 5.26 Å². The highest BCUT2D eigenvalue weighted by Gasteiger charge is 2.36. The van der Waals surface area contributed by atoms with Crippen molar-refractivity contribution in [3.8, 4) is 6.07 Å². The molecular formula is C11H21NOSi. The molecule has 0 aliphatic heterocycles. The first-order valence-electron chi connectivity index (χ1n) is 5.00. The van der Waals surface area contributed by atoms with Gasteiger partial charge in [0, 0.05) is 12.7 Å². The Hall–Kier alpha value is -0.593. The molecule has 0 aromatic rings. The number of nitrogens with zero attached hydrogens (tertiary/aromatic N) is 1. The van der Waals surface area contributed by atoms with Crippen LogP contribution in [-0.2, 0) is 4.43 Å². The van der Waals surface area contributed by atoms with Crippen LogP contribution in [0, 0.1) is 11.3 Å². The van der Waals surface area contributed by atoms with Crippen molar-refractivity contribution in [3.63, 3.8) is 0 Å². The van der Waals surface area contributed by atoms with Gasteiger partial charge in [-0.2, -0.15) is 5.26 Å². The van der Waals surface area contributed by atoms with Gasteiger partial charge in [0.25, 0.3) is 0 Å². The first kappa shape index (κ1) is 13.4. The van der Waals surface area contributed by atoms with Gasteiger partial charge in [-0.1, -0.05) is 26.8 Å². The molecule has 0 spiro atoms. The fourth-order valence-corrected chi connectivity index (χ4v) is 1.80. The summed E-state index contributed by atoms with van der Waals surface area (Å²) >= 11 is 0. The van der Waals surface area contributed by atoms with Crippen LogP contribution in [0.2, 0.25) is 18.1 Å². The van der Waals surface area contributed by atoms with Crippen LogP contribution in [0.3, 0.4) is 0 Å². The van der Waals surface area contributed by atoms with E-state index in [9.17, 15) is 0 Å². The molecule has 0 radical (unpaired) electrons. The highest BCUT2D eigenvalue weighted by molar-refractivity contribution is 6.74. The average molecular weight is 211 g/mol. The molecule has 0 aliphatic rings. The average Bonchev–Trinajstić information content (AvgIpc) is 2.02. The van der Waals surface area contributed by atoms with E-state index in [0.717, 1.165) is 13.0 Å². The van der Waals surface area contributed by atoms with Gasteiger partial charge in [-0.3, -0.25) is 0 Å². The molecule has 0 bridgehead atoms. The summed E-state index contributed by atoms with van der Waals surface area (Å²) in [6.07, 6.45) is 4.20. The summed E-state index contributed by atoms with van der Waals surface area (Å²) in [6.45, 7) is 11.9. The van der Waals surface area contributed by atoms with Crippen molar-refractivity contribution in [1.82, 2.24) is 0 Å². The van der Waals surface area contributed by atoms with Gasteiger partial charge >= 0.3 is 0 Å². The fraction of sp³-hybridized carbons (Fsp3) is 0.727. The standard InChI is InChI=1S/C11H21NOSi/c1-11(2,3)14(4,5)13-10-8-6-7-9-12/h6-7H,8,10H2,1-5H3/b7-6-. The second-order valence-electron chi connectivity index (χ2n) is 4.93. The van der Waals surface area contributed by atoms with E-state index in [1.54, 1.807) is 0 Å². The van der Waals surface area contributed by atoms with Gasteiger partial charge in [-0.25, -0.2) is 0 Å². The van der Waals surface area contributed by atoms with E-state index in [-0.39, 0.29) is 5.04 Å². The topological polar surface area (TPSA) is 33.0 Å². The highest BCUT2D eigenvalue weighted by Crippen LogP contribution is 2.36. The van der Waals surface area contributed by atoms with Crippen LogP contribution in [0.25, 0.3) is 0 Å². The maximum absolute atomic E-state index is 8.29. The van der Waals surface area contributed by atoms with Gasteiger partial charge in [0.05, 0.1) is 6.07 Å². The van der Waals surface area contributed by atoms with Crippen molar-refractivity contribution < 1.29 is 4.43 Å². The Morgan fingerprint density at radius 1 is 1.36 bits per heavy atom. The van der Waals surface area contributed by atoms with E-state index in [1.165, 1.54) is 6.08 Å². The minimum atomic E-state index is -1.58. The molecule has 0 amide bonds. The zero-order valence-electron chi connectivity index (χ0n) is 9.92. The number of allylic oxidation sites excluding steroid dienone is 1. The third-order valence-electron chi connectivity index (χ3n) is 2.75. The van der Waals surface area contributed by atoms with Gasteiger partial charge < -0.3 is 4.43 Å². The van der Waals surface area contributed by atoms with E-state index in [2.05, 4.69) is 33.9 Å². The molecule has 0 atom stereocenters. The third-order valence-corrected chi connectivity index (χ3v) is 7.28. The zero-order chi connectivity index (χ0) is 11.2. The molecular weight excluding hydrogens is 190 g/mol. The Bertz CT molecular complexity index is 233. The largest absolute Gasteiger partial charge is 0.417 e. The molecule has 3 heteroatoms. The van der Waals surface area contributed by atoms with Crippen LogP contribution in [0.4, 0.5) is 0 Å². The lowest BCUT2D eigenvalue weighted by molar-refractivity contribution is 0.294. The second kappa shape index (κ2) is 5.33. The Kier molecular flexibility index (Phi) is 5.10. The smallest absolute Gasteiger partial charge is 0.191 e. The maximum Gasteiger partial charge on any atom is 0.191 e. The molecule has 0 aromatic heterocycles. The van der Waals surface area contributed by atoms with Crippen LogP contribution in [0.15, 0.2) is 12.2 Å². The van der Waals surface area contributed by atoms with Crippen LogP contribution in [-0.4, -0.2) is 14.9 Å². The van der Waals surface area contributed by atoms with Crippen molar-refractivity contribution in [2.45, 2.75) is 45.3 Å². The summed E-state index contributed by atoms with van der Waals surface area (Å²) in [5.41, 5.74) is 0. The number of hydrogen-bond donors (Lipinski definition) is 0. The maximum atomic E-state index is 8.29. The first-order chi connectivity index (χ1) is 6.31. The summed E-state index contributed by atoms with van der Waals surface area (Å²) in [6, 6.07) is 1.97. The molecule has 14 heavy (non-hydrogen) atoms. The van der Waals surface area contributed by atoms with Gasteiger partial charge in [0.2, 0.25) is 0 Å². The van der Waals surface area contributed by atoms with Crippen molar-refractivity contribution in [2.75, 3.05) is 6.61 Å². The quantitative estimate of drug-likeness (QED) is 0.405. The van der Waals surface area contributed by atoms with E-state index < -0.39 is 8.32 Å². The fourth-order valence-electron chi connectivity index (χ4n) is 0.735. The predicted octanol–water partition coefficient (Wildman–Crippen LogP) is 3.48. The summed E-state index contributed by atoms with van der Waals surface area (Å²) in [5, 5.41) is 8.56. The lowest BCUT2D eigenvalue weighted by Crippen LogP contribution is -2.40. The molecule has 0 aromatic carbocycles. The molecule has 0 fully saturated rings. The predicted molar refractivity (Wildman–Crippen MR) is 62.5 cm³/mol.